The van der Waals surface area contributed by atoms with Crippen LogP contribution in [-0.4, -0.2) is 25.2 Å². The van der Waals surface area contributed by atoms with Crippen molar-refractivity contribution in [3.63, 3.8) is 0 Å². The molecule has 0 aromatic heterocycles. The summed E-state index contributed by atoms with van der Waals surface area (Å²) in [7, 11) is 0. The molecule has 5 heteroatoms. The van der Waals surface area contributed by atoms with Crippen LogP contribution in [0.15, 0.2) is 78.9 Å². The van der Waals surface area contributed by atoms with E-state index in [1.54, 1.807) is 48.5 Å². The second-order valence-electron chi connectivity index (χ2n) is 7.84. The lowest BCUT2D eigenvalue weighted by atomic mass is 10.1. The Labute approximate surface area is 188 Å². The number of hydrogen-bond acceptors (Lipinski definition) is 5. The van der Waals surface area contributed by atoms with Crippen molar-refractivity contribution < 1.29 is 23.8 Å². The van der Waals surface area contributed by atoms with Gasteiger partial charge in [0, 0.05) is 6.42 Å². The number of rotatable bonds is 10. The van der Waals surface area contributed by atoms with Crippen molar-refractivity contribution >= 4 is 11.9 Å². The zero-order valence-corrected chi connectivity index (χ0v) is 18.5. The number of esters is 2. The van der Waals surface area contributed by atoms with Crippen LogP contribution in [0.25, 0.3) is 0 Å². The van der Waals surface area contributed by atoms with Crippen molar-refractivity contribution in [3.8, 4) is 11.5 Å². The number of carbonyl (C=O) groups excluding carboxylic acids is 2. The Bertz CT molecular complexity index is 992. The van der Waals surface area contributed by atoms with Crippen molar-refractivity contribution in [3.05, 3.63) is 95.6 Å². The Hall–Kier alpha value is -3.60. The Kier molecular flexibility index (Phi) is 8.44. The van der Waals surface area contributed by atoms with Crippen LogP contribution in [0.1, 0.15) is 46.5 Å². The Morgan fingerprint density at radius 1 is 0.719 bits per heavy atom. The van der Waals surface area contributed by atoms with Gasteiger partial charge in [-0.2, -0.15) is 0 Å². The third kappa shape index (κ3) is 7.27. The maximum Gasteiger partial charge on any atom is 0.343 e. The van der Waals surface area contributed by atoms with Crippen molar-refractivity contribution in [1.82, 2.24) is 0 Å². The average molecular weight is 433 g/mol. The molecule has 0 spiro atoms. The van der Waals surface area contributed by atoms with Gasteiger partial charge < -0.3 is 14.2 Å². The van der Waals surface area contributed by atoms with Crippen molar-refractivity contribution in [2.45, 2.75) is 26.7 Å². The van der Waals surface area contributed by atoms with Gasteiger partial charge in [-0.1, -0.05) is 44.2 Å². The molecule has 0 unspecified atom stereocenters. The van der Waals surface area contributed by atoms with Gasteiger partial charge in [0.25, 0.3) is 0 Å². The fraction of sp³-hybridized carbons (Fsp3) is 0.259. The normalized spacial score (nSPS) is 10.6. The molecule has 3 rings (SSSR count). The largest absolute Gasteiger partial charge is 0.494 e. The first-order chi connectivity index (χ1) is 15.5. The molecule has 3 aromatic carbocycles. The molecule has 0 fully saturated rings. The van der Waals surface area contributed by atoms with Crippen molar-refractivity contribution in [1.29, 1.82) is 0 Å². The molecule has 32 heavy (non-hydrogen) atoms. The van der Waals surface area contributed by atoms with E-state index in [1.165, 1.54) is 0 Å². The highest BCUT2D eigenvalue weighted by Crippen LogP contribution is 2.18. The Morgan fingerprint density at radius 3 is 1.94 bits per heavy atom. The minimum atomic E-state index is -0.475. The van der Waals surface area contributed by atoms with Gasteiger partial charge in [0.15, 0.2) is 0 Å². The molecule has 0 heterocycles. The lowest BCUT2D eigenvalue weighted by Gasteiger charge is -2.09. The van der Waals surface area contributed by atoms with Gasteiger partial charge in [0.2, 0.25) is 0 Å². The van der Waals surface area contributed by atoms with Gasteiger partial charge in [-0.05, 0) is 66.4 Å². The number of ether oxygens (including phenoxy) is 3. The summed E-state index contributed by atoms with van der Waals surface area (Å²) in [6, 6.07) is 23.0. The van der Waals surface area contributed by atoms with E-state index in [-0.39, 0.29) is 0 Å². The molecule has 166 valence electrons. The lowest BCUT2D eigenvalue weighted by molar-refractivity contribution is 0.0509. The molecule has 0 atom stereocenters. The van der Waals surface area contributed by atoms with Crippen LogP contribution >= 0.6 is 0 Å². The number of benzene rings is 3. The minimum Gasteiger partial charge on any atom is -0.494 e. The van der Waals surface area contributed by atoms with Crippen molar-refractivity contribution in [2.24, 2.45) is 5.92 Å². The second-order valence-corrected chi connectivity index (χ2v) is 7.84. The predicted octanol–water partition coefficient (Wildman–Crippen LogP) is 5.73. The van der Waals surface area contributed by atoms with Gasteiger partial charge >= 0.3 is 11.9 Å². The highest BCUT2D eigenvalue weighted by Gasteiger charge is 2.11. The third-order valence-electron chi connectivity index (χ3n) is 4.82. The summed E-state index contributed by atoms with van der Waals surface area (Å²) in [6.45, 7) is 5.23. The van der Waals surface area contributed by atoms with E-state index in [9.17, 15) is 9.59 Å². The predicted molar refractivity (Wildman–Crippen MR) is 123 cm³/mol. The fourth-order valence-corrected chi connectivity index (χ4v) is 2.91. The summed E-state index contributed by atoms with van der Waals surface area (Å²) < 4.78 is 16.4. The summed E-state index contributed by atoms with van der Waals surface area (Å²) >= 11 is 0. The molecule has 0 radical (unpaired) electrons. The Balaban J connectivity index is 1.47. The van der Waals surface area contributed by atoms with Gasteiger partial charge in [-0.15, -0.1) is 0 Å². The summed E-state index contributed by atoms with van der Waals surface area (Å²) in [5, 5.41) is 0. The molecule has 0 aliphatic heterocycles. The molecule has 3 aromatic rings. The van der Waals surface area contributed by atoms with Crippen LogP contribution < -0.4 is 9.47 Å². The summed E-state index contributed by atoms with van der Waals surface area (Å²) in [5.74, 6) is 0.765. The SMILES string of the molecule is CC(C)CCOc1ccc(C(=O)Oc2ccc(C(=O)OCCc3ccccc3)cc2)cc1. The van der Waals surface area contributed by atoms with E-state index in [0.717, 1.165) is 17.7 Å². The zero-order chi connectivity index (χ0) is 22.8. The molecule has 0 amide bonds. The summed E-state index contributed by atoms with van der Waals surface area (Å²) in [6.07, 6.45) is 1.63. The first kappa shape index (κ1) is 23.1. The van der Waals surface area contributed by atoms with Crippen LogP contribution in [0.5, 0.6) is 11.5 Å². The molecule has 0 saturated carbocycles. The van der Waals surface area contributed by atoms with Gasteiger partial charge in [-0.3, -0.25) is 0 Å². The van der Waals surface area contributed by atoms with Crippen LogP contribution in [0.4, 0.5) is 0 Å². The van der Waals surface area contributed by atoms with Gasteiger partial charge in [0.1, 0.15) is 11.5 Å². The van der Waals surface area contributed by atoms with Crippen molar-refractivity contribution in [2.75, 3.05) is 13.2 Å². The summed E-state index contributed by atoms with van der Waals surface area (Å²) in [4.78, 5) is 24.6. The van der Waals surface area contributed by atoms with E-state index in [0.29, 0.717) is 42.4 Å². The summed E-state index contributed by atoms with van der Waals surface area (Å²) in [5.41, 5.74) is 1.93. The molecule has 0 aliphatic carbocycles. The topological polar surface area (TPSA) is 61.8 Å². The van der Waals surface area contributed by atoms with E-state index < -0.39 is 11.9 Å². The van der Waals surface area contributed by atoms with Crippen LogP contribution in [0.3, 0.4) is 0 Å². The molecule has 0 saturated heterocycles. The van der Waals surface area contributed by atoms with Gasteiger partial charge in [-0.25, -0.2) is 9.59 Å². The van der Waals surface area contributed by atoms with E-state index >= 15 is 0 Å². The van der Waals surface area contributed by atoms with E-state index in [1.807, 2.05) is 30.3 Å². The first-order valence-electron chi connectivity index (χ1n) is 10.8. The molecule has 0 N–H and O–H groups in total. The molecule has 0 bridgehead atoms. The van der Waals surface area contributed by atoms with Crippen LogP contribution in [0, 0.1) is 5.92 Å². The Morgan fingerprint density at radius 2 is 1.31 bits per heavy atom. The first-order valence-corrected chi connectivity index (χ1v) is 10.8. The quantitative estimate of drug-likeness (QED) is 0.302. The number of hydrogen-bond donors (Lipinski definition) is 0. The molecular weight excluding hydrogens is 404 g/mol. The standard InChI is InChI=1S/C27H28O5/c1-20(2)16-18-30-24-12-8-23(9-13-24)27(29)32-25-14-10-22(11-15-25)26(28)31-19-17-21-6-4-3-5-7-21/h3-15,20H,16-19H2,1-2H3. The maximum absolute atomic E-state index is 12.4. The van der Waals surface area contributed by atoms with Crippen LogP contribution in [-0.2, 0) is 11.2 Å². The highest BCUT2D eigenvalue weighted by atomic mass is 16.5. The molecular formula is C27H28O5. The van der Waals surface area contributed by atoms with Crippen LogP contribution in [0.2, 0.25) is 0 Å². The number of carbonyl (C=O) groups is 2. The smallest absolute Gasteiger partial charge is 0.343 e. The highest BCUT2D eigenvalue weighted by molar-refractivity contribution is 5.92. The maximum atomic E-state index is 12.4. The van der Waals surface area contributed by atoms with Gasteiger partial charge in [0.05, 0.1) is 24.3 Å². The zero-order valence-electron chi connectivity index (χ0n) is 18.5. The van der Waals surface area contributed by atoms with E-state index in [2.05, 4.69) is 13.8 Å². The lowest BCUT2D eigenvalue weighted by Crippen LogP contribution is -2.10. The second kappa shape index (κ2) is 11.7. The molecule has 0 aliphatic rings. The average Bonchev–Trinajstić information content (AvgIpc) is 2.80. The fourth-order valence-electron chi connectivity index (χ4n) is 2.91. The minimum absolute atomic E-state index is 0.302. The monoisotopic (exact) mass is 432 g/mol. The third-order valence-corrected chi connectivity index (χ3v) is 4.82. The molecule has 5 nitrogen and oxygen atoms in total. The van der Waals surface area contributed by atoms with E-state index in [4.69, 9.17) is 14.2 Å².